The van der Waals surface area contributed by atoms with Gasteiger partial charge in [0.25, 0.3) is 0 Å². The van der Waals surface area contributed by atoms with Crippen molar-refractivity contribution in [1.29, 1.82) is 0 Å². The van der Waals surface area contributed by atoms with Crippen LogP contribution in [0.15, 0.2) is 30.5 Å². The van der Waals surface area contributed by atoms with Crippen LogP contribution in [0.1, 0.15) is 32.8 Å². The number of fused-ring (bicyclic) bond motifs is 1. The number of carbonyl (C=O) groups is 2. The van der Waals surface area contributed by atoms with Crippen molar-refractivity contribution < 1.29 is 14.3 Å². The predicted molar refractivity (Wildman–Crippen MR) is 98.0 cm³/mol. The van der Waals surface area contributed by atoms with Crippen LogP contribution in [0.3, 0.4) is 0 Å². The first-order valence-electron chi connectivity index (χ1n) is 8.70. The summed E-state index contributed by atoms with van der Waals surface area (Å²) in [6.07, 6.45) is 2.78. The number of aromatic nitrogens is 1. The van der Waals surface area contributed by atoms with Gasteiger partial charge >= 0.3 is 5.97 Å². The van der Waals surface area contributed by atoms with Crippen molar-refractivity contribution in [1.82, 2.24) is 10.3 Å². The molecule has 6 heteroatoms. The van der Waals surface area contributed by atoms with Gasteiger partial charge in [0.05, 0.1) is 12.6 Å². The minimum Gasteiger partial charge on any atom is -0.464 e. The largest absolute Gasteiger partial charge is 0.464 e. The van der Waals surface area contributed by atoms with Gasteiger partial charge < -0.3 is 20.8 Å². The number of nitrogens with one attached hydrogen (secondary N) is 2. The van der Waals surface area contributed by atoms with Crippen molar-refractivity contribution in [3.05, 3.63) is 36.0 Å². The summed E-state index contributed by atoms with van der Waals surface area (Å²) in [5, 5.41) is 3.80. The standard InChI is InChI=1S/C19H27N3O3/c1-4-25-19(24)17(9-12(2)3)22-18(23)15(20)10-13-11-21-16-8-6-5-7-14(13)16/h5-8,11-12,15,17,21H,4,9-10,20H2,1-3H3,(H,22,23). The van der Waals surface area contributed by atoms with Crippen molar-refractivity contribution in [3.63, 3.8) is 0 Å². The zero-order chi connectivity index (χ0) is 18.4. The van der Waals surface area contributed by atoms with Crippen LogP contribution in [-0.4, -0.2) is 35.6 Å². The van der Waals surface area contributed by atoms with E-state index < -0.39 is 18.1 Å². The number of benzene rings is 1. The Balaban J connectivity index is 2.03. The van der Waals surface area contributed by atoms with Crippen molar-refractivity contribution in [3.8, 4) is 0 Å². The molecular weight excluding hydrogens is 318 g/mol. The van der Waals surface area contributed by atoms with E-state index in [0.717, 1.165) is 16.5 Å². The Bertz CT molecular complexity index is 724. The molecule has 2 aromatic rings. The molecule has 1 heterocycles. The summed E-state index contributed by atoms with van der Waals surface area (Å²) in [6.45, 7) is 6.01. The van der Waals surface area contributed by atoms with E-state index in [1.54, 1.807) is 6.92 Å². The summed E-state index contributed by atoms with van der Waals surface area (Å²) in [7, 11) is 0. The molecule has 1 aromatic heterocycles. The average Bonchev–Trinajstić information content (AvgIpc) is 2.97. The molecule has 1 aromatic carbocycles. The molecule has 0 spiro atoms. The molecule has 0 bridgehead atoms. The lowest BCUT2D eigenvalue weighted by Crippen LogP contribution is -2.50. The Labute approximate surface area is 148 Å². The van der Waals surface area contributed by atoms with Crippen LogP contribution in [0, 0.1) is 5.92 Å². The molecule has 2 atom stereocenters. The summed E-state index contributed by atoms with van der Waals surface area (Å²) in [5.41, 5.74) is 8.06. The van der Waals surface area contributed by atoms with E-state index in [4.69, 9.17) is 10.5 Å². The zero-order valence-corrected chi connectivity index (χ0v) is 15.0. The maximum absolute atomic E-state index is 12.5. The second-order valence-corrected chi connectivity index (χ2v) is 6.61. The fourth-order valence-electron chi connectivity index (χ4n) is 2.84. The quantitative estimate of drug-likeness (QED) is 0.639. The number of ether oxygens (including phenoxy) is 1. The fraction of sp³-hybridized carbons (Fsp3) is 0.474. The summed E-state index contributed by atoms with van der Waals surface area (Å²) < 4.78 is 5.05. The predicted octanol–water partition coefficient (Wildman–Crippen LogP) is 2.13. The summed E-state index contributed by atoms with van der Waals surface area (Å²) in [4.78, 5) is 27.7. The van der Waals surface area contributed by atoms with Crippen LogP contribution < -0.4 is 11.1 Å². The Morgan fingerprint density at radius 2 is 2.00 bits per heavy atom. The Kier molecular flexibility index (Phi) is 6.58. The molecule has 0 fully saturated rings. The van der Waals surface area contributed by atoms with Crippen molar-refractivity contribution in [2.75, 3.05) is 6.61 Å². The average molecular weight is 345 g/mol. The van der Waals surface area contributed by atoms with Gasteiger partial charge in [-0.2, -0.15) is 0 Å². The van der Waals surface area contributed by atoms with Gasteiger partial charge in [0.1, 0.15) is 6.04 Å². The van der Waals surface area contributed by atoms with Gasteiger partial charge in [-0.05, 0) is 37.3 Å². The maximum atomic E-state index is 12.5. The molecule has 4 N–H and O–H groups in total. The van der Waals surface area contributed by atoms with Crippen LogP contribution in [0.5, 0.6) is 0 Å². The smallest absolute Gasteiger partial charge is 0.328 e. The second-order valence-electron chi connectivity index (χ2n) is 6.61. The topological polar surface area (TPSA) is 97.2 Å². The first-order valence-corrected chi connectivity index (χ1v) is 8.70. The molecule has 25 heavy (non-hydrogen) atoms. The lowest BCUT2D eigenvalue weighted by molar-refractivity contribution is -0.148. The molecular formula is C19H27N3O3. The fourth-order valence-corrected chi connectivity index (χ4v) is 2.84. The molecule has 1 amide bonds. The molecule has 0 saturated heterocycles. The minimum absolute atomic E-state index is 0.250. The maximum Gasteiger partial charge on any atom is 0.328 e. The van der Waals surface area contributed by atoms with E-state index in [2.05, 4.69) is 10.3 Å². The number of esters is 1. The molecule has 136 valence electrons. The first-order chi connectivity index (χ1) is 11.9. The van der Waals surface area contributed by atoms with Gasteiger partial charge in [0, 0.05) is 17.1 Å². The molecule has 2 rings (SSSR count). The van der Waals surface area contributed by atoms with Crippen LogP contribution in [0.4, 0.5) is 0 Å². The third kappa shape index (κ3) is 5.06. The highest BCUT2D eigenvalue weighted by Crippen LogP contribution is 2.19. The highest BCUT2D eigenvalue weighted by molar-refractivity contribution is 5.89. The molecule has 0 saturated carbocycles. The van der Waals surface area contributed by atoms with Gasteiger partial charge in [-0.3, -0.25) is 4.79 Å². The third-order valence-electron chi connectivity index (χ3n) is 4.05. The molecule has 2 unspecified atom stereocenters. The van der Waals surface area contributed by atoms with Crippen molar-refractivity contribution in [2.24, 2.45) is 11.7 Å². The number of hydrogen-bond acceptors (Lipinski definition) is 4. The monoisotopic (exact) mass is 345 g/mol. The van der Waals surface area contributed by atoms with Gasteiger partial charge in [-0.15, -0.1) is 0 Å². The molecule has 0 aliphatic rings. The third-order valence-corrected chi connectivity index (χ3v) is 4.05. The van der Waals surface area contributed by atoms with Gasteiger partial charge in [0.15, 0.2) is 0 Å². The summed E-state index contributed by atoms with van der Waals surface area (Å²) >= 11 is 0. The van der Waals surface area contributed by atoms with Crippen LogP contribution in [-0.2, 0) is 20.7 Å². The van der Waals surface area contributed by atoms with Crippen LogP contribution >= 0.6 is 0 Å². The highest BCUT2D eigenvalue weighted by atomic mass is 16.5. The lowest BCUT2D eigenvalue weighted by atomic mass is 10.0. The zero-order valence-electron chi connectivity index (χ0n) is 15.0. The van der Waals surface area contributed by atoms with E-state index >= 15 is 0 Å². The molecule has 6 nitrogen and oxygen atoms in total. The normalized spacial score (nSPS) is 13.6. The van der Waals surface area contributed by atoms with Crippen LogP contribution in [0.2, 0.25) is 0 Å². The Morgan fingerprint density at radius 1 is 1.28 bits per heavy atom. The number of H-pyrrole nitrogens is 1. The molecule has 0 aliphatic carbocycles. The Hall–Kier alpha value is -2.34. The number of hydrogen-bond donors (Lipinski definition) is 3. The molecule has 0 radical (unpaired) electrons. The van der Waals surface area contributed by atoms with Crippen molar-refractivity contribution >= 4 is 22.8 Å². The second kappa shape index (κ2) is 8.67. The summed E-state index contributed by atoms with van der Waals surface area (Å²) in [6, 6.07) is 6.47. The number of para-hydroxylation sites is 1. The van der Waals surface area contributed by atoms with E-state index in [9.17, 15) is 9.59 Å². The van der Waals surface area contributed by atoms with E-state index in [0.29, 0.717) is 12.8 Å². The number of carbonyl (C=O) groups excluding carboxylic acids is 2. The van der Waals surface area contributed by atoms with E-state index in [-0.39, 0.29) is 18.4 Å². The number of aromatic amines is 1. The number of nitrogens with two attached hydrogens (primary N) is 1. The molecule has 0 aliphatic heterocycles. The van der Waals surface area contributed by atoms with Gasteiger partial charge in [0.2, 0.25) is 5.91 Å². The first kappa shape index (κ1) is 19.0. The lowest BCUT2D eigenvalue weighted by Gasteiger charge is -2.21. The highest BCUT2D eigenvalue weighted by Gasteiger charge is 2.26. The van der Waals surface area contributed by atoms with E-state index in [1.807, 2.05) is 44.3 Å². The number of amides is 1. The van der Waals surface area contributed by atoms with Gasteiger partial charge in [-0.25, -0.2) is 4.79 Å². The van der Waals surface area contributed by atoms with Crippen LogP contribution in [0.25, 0.3) is 10.9 Å². The summed E-state index contributed by atoms with van der Waals surface area (Å²) in [5.74, 6) is -0.507. The Morgan fingerprint density at radius 3 is 2.68 bits per heavy atom. The number of rotatable bonds is 8. The van der Waals surface area contributed by atoms with E-state index in [1.165, 1.54) is 0 Å². The minimum atomic E-state index is -0.733. The SMILES string of the molecule is CCOC(=O)C(CC(C)C)NC(=O)C(N)Cc1c[nH]c2ccccc12. The van der Waals surface area contributed by atoms with Crippen molar-refractivity contribution in [2.45, 2.75) is 45.7 Å². The van der Waals surface area contributed by atoms with Gasteiger partial charge in [-0.1, -0.05) is 32.0 Å².